The third kappa shape index (κ3) is 9.63. The van der Waals surface area contributed by atoms with Gasteiger partial charge in [0, 0.05) is 45.1 Å². The third-order valence-corrected chi connectivity index (χ3v) is 4.15. The van der Waals surface area contributed by atoms with Crippen LogP contribution in [0.4, 0.5) is 0 Å². The number of carbonyl (C=O) groups excluding carboxylic acids is 1. The van der Waals surface area contributed by atoms with Gasteiger partial charge in [-0.25, -0.2) is 0 Å². The molecule has 1 aliphatic heterocycles. The van der Waals surface area contributed by atoms with Gasteiger partial charge in [-0.15, -0.1) is 24.0 Å². The minimum Gasteiger partial charge on any atom is -0.377 e. The molecule has 7 heteroatoms. The van der Waals surface area contributed by atoms with Crippen molar-refractivity contribution >= 4 is 35.8 Å². The quantitative estimate of drug-likeness (QED) is 0.318. The van der Waals surface area contributed by atoms with Gasteiger partial charge in [-0.05, 0) is 32.1 Å². The topological polar surface area (TPSA) is 74.8 Å². The van der Waals surface area contributed by atoms with Crippen molar-refractivity contribution in [3.8, 4) is 0 Å². The van der Waals surface area contributed by atoms with Crippen LogP contribution in [0.5, 0.6) is 0 Å². The lowest BCUT2D eigenvalue weighted by atomic mass is 9.78. The fraction of sp³-hybridized carbons (Fsp3) is 0.889. The molecule has 0 saturated carbocycles. The molecular formula is C18H37IN4O2. The summed E-state index contributed by atoms with van der Waals surface area (Å²) in [4.78, 5) is 15.9. The SMILES string of the molecule is CN=C(NCCC(=O)NC(C)C)NCC1CCCOC1C(C)(C)C.I. The number of halogens is 1. The van der Waals surface area contributed by atoms with Crippen LogP contribution in [0.3, 0.4) is 0 Å². The first-order chi connectivity index (χ1) is 11.2. The summed E-state index contributed by atoms with van der Waals surface area (Å²) in [7, 11) is 1.75. The Morgan fingerprint density at radius 2 is 1.96 bits per heavy atom. The number of hydrogen-bond acceptors (Lipinski definition) is 3. The predicted octanol–water partition coefficient (Wildman–Crippen LogP) is 2.53. The van der Waals surface area contributed by atoms with Crippen molar-refractivity contribution in [3.63, 3.8) is 0 Å². The Hall–Kier alpha value is -0.570. The zero-order valence-corrected chi connectivity index (χ0v) is 19.0. The zero-order valence-electron chi connectivity index (χ0n) is 16.6. The summed E-state index contributed by atoms with van der Waals surface area (Å²) < 4.78 is 6.02. The highest BCUT2D eigenvalue weighted by molar-refractivity contribution is 14.0. The molecule has 0 spiro atoms. The third-order valence-electron chi connectivity index (χ3n) is 4.15. The van der Waals surface area contributed by atoms with Crippen molar-refractivity contribution in [3.05, 3.63) is 0 Å². The van der Waals surface area contributed by atoms with Gasteiger partial charge in [-0.1, -0.05) is 20.8 Å². The smallest absolute Gasteiger partial charge is 0.221 e. The number of amides is 1. The molecule has 2 atom stereocenters. The van der Waals surface area contributed by atoms with Crippen LogP contribution in [-0.2, 0) is 9.53 Å². The lowest BCUT2D eigenvalue weighted by Crippen LogP contribution is -2.48. The molecule has 0 bridgehead atoms. The highest BCUT2D eigenvalue weighted by Crippen LogP contribution is 2.33. The van der Waals surface area contributed by atoms with Gasteiger partial charge < -0.3 is 20.7 Å². The summed E-state index contributed by atoms with van der Waals surface area (Å²) in [5, 5.41) is 9.47. The van der Waals surface area contributed by atoms with E-state index >= 15 is 0 Å². The number of guanidine groups is 1. The van der Waals surface area contributed by atoms with E-state index < -0.39 is 0 Å². The summed E-state index contributed by atoms with van der Waals surface area (Å²) in [5.41, 5.74) is 0.138. The van der Waals surface area contributed by atoms with Crippen LogP contribution in [0, 0.1) is 11.3 Å². The first-order valence-corrected chi connectivity index (χ1v) is 9.09. The van der Waals surface area contributed by atoms with Crippen molar-refractivity contribution in [2.24, 2.45) is 16.3 Å². The van der Waals surface area contributed by atoms with Gasteiger partial charge in [-0.3, -0.25) is 9.79 Å². The molecule has 25 heavy (non-hydrogen) atoms. The van der Waals surface area contributed by atoms with E-state index in [2.05, 4.69) is 41.7 Å². The summed E-state index contributed by atoms with van der Waals surface area (Å²) in [6, 6.07) is 0.176. The van der Waals surface area contributed by atoms with E-state index in [1.54, 1.807) is 7.05 Å². The number of nitrogens with one attached hydrogen (secondary N) is 3. The molecule has 0 aromatic heterocycles. The maximum absolute atomic E-state index is 11.7. The van der Waals surface area contributed by atoms with Gasteiger partial charge in [0.1, 0.15) is 0 Å². The Balaban J connectivity index is 0.00000576. The van der Waals surface area contributed by atoms with Crippen LogP contribution < -0.4 is 16.0 Å². The minimum atomic E-state index is 0. The molecular weight excluding hydrogens is 431 g/mol. The van der Waals surface area contributed by atoms with E-state index in [9.17, 15) is 4.79 Å². The Kier molecular flexibility index (Phi) is 11.7. The van der Waals surface area contributed by atoms with E-state index in [0.29, 0.717) is 18.9 Å². The second-order valence-electron chi connectivity index (χ2n) is 7.91. The van der Waals surface area contributed by atoms with Gasteiger partial charge in [0.2, 0.25) is 5.91 Å². The molecule has 6 nitrogen and oxygen atoms in total. The van der Waals surface area contributed by atoms with E-state index in [-0.39, 0.29) is 47.4 Å². The summed E-state index contributed by atoms with van der Waals surface area (Å²) >= 11 is 0. The molecule has 1 saturated heterocycles. The highest BCUT2D eigenvalue weighted by Gasteiger charge is 2.35. The Labute approximate surface area is 170 Å². The van der Waals surface area contributed by atoms with Gasteiger partial charge in [-0.2, -0.15) is 0 Å². The number of nitrogens with zero attached hydrogens (tertiary/aromatic N) is 1. The van der Waals surface area contributed by atoms with E-state index in [4.69, 9.17) is 4.74 Å². The maximum atomic E-state index is 11.7. The second-order valence-corrected chi connectivity index (χ2v) is 7.91. The van der Waals surface area contributed by atoms with Gasteiger partial charge in [0.05, 0.1) is 6.10 Å². The molecule has 0 aromatic carbocycles. The maximum Gasteiger partial charge on any atom is 0.221 e. The molecule has 148 valence electrons. The lowest BCUT2D eigenvalue weighted by Gasteiger charge is -2.40. The van der Waals surface area contributed by atoms with Crippen LogP contribution >= 0.6 is 24.0 Å². The highest BCUT2D eigenvalue weighted by atomic mass is 127. The van der Waals surface area contributed by atoms with Gasteiger partial charge in [0.25, 0.3) is 0 Å². The minimum absolute atomic E-state index is 0. The number of hydrogen-bond donors (Lipinski definition) is 3. The Morgan fingerprint density at radius 3 is 2.52 bits per heavy atom. The first-order valence-electron chi connectivity index (χ1n) is 9.09. The fourth-order valence-corrected chi connectivity index (χ4v) is 3.15. The average Bonchev–Trinajstić information content (AvgIpc) is 2.49. The van der Waals surface area contributed by atoms with Crippen molar-refractivity contribution < 1.29 is 9.53 Å². The normalized spacial score (nSPS) is 21.5. The average molecular weight is 468 g/mol. The van der Waals surface area contributed by atoms with E-state index in [0.717, 1.165) is 25.5 Å². The van der Waals surface area contributed by atoms with Gasteiger partial charge >= 0.3 is 0 Å². The molecule has 1 fully saturated rings. The van der Waals surface area contributed by atoms with Crippen molar-refractivity contribution in [1.82, 2.24) is 16.0 Å². The number of carbonyl (C=O) groups is 1. The standard InChI is InChI=1S/C18H36N4O2.HI/c1-13(2)22-15(23)9-10-20-17(19-6)21-12-14-8-7-11-24-16(14)18(3,4)5;/h13-14,16H,7-12H2,1-6H3,(H,22,23)(H2,19,20,21);1H. The van der Waals surface area contributed by atoms with Crippen molar-refractivity contribution in [2.75, 3.05) is 26.7 Å². The predicted molar refractivity (Wildman–Crippen MR) is 115 cm³/mol. The molecule has 0 aromatic rings. The summed E-state index contributed by atoms with van der Waals surface area (Å²) in [6.07, 6.45) is 2.98. The first kappa shape index (κ1) is 24.4. The number of rotatable bonds is 6. The molecule has 1 heterocycles. The van der Waals surface area contributed by atoms with Crippen molar-refractivity contribution in [1.29, 1.82) is 0 Å². The Morgan fingerprint density at radius 1 is 1.28 bits per heavy atom. The molecule has 1 amide bonds. The van der Waals surface area contributed by atoms with Crippen molar-refractivity contribution in [2.45, 2.75) is 66.0 Å². The van der Waals surface area contributed by atoms with Gasteiger partial charge in [0.15, 0.2) is 5.96 Å². The second kappa shape index (κ2) is 11.9. The lowest BCUT2D eigenvalue weighted by molar-refractivity contribution is -0.121. The molecule has 3 N–H and O–H groups in total. The molecule has 1 rings (SSSR count). The van der Waals surface area contributed by atoms with E-state index in [1.165, 1.54) is 6.42 Å². The zero-order chi connectivity index (χ0) is 18.2. The molecule has 0 radical (unpaired) electrons. The van der Waals surface area contributed by atoms with E-state index in [1.807, 2.05) is 13.8 Å². The van der Waals surface area contributed by atoms with Crippen LogP contribution in [0.1, 0.15) is 53.9 Å². The number of ether oxygens (including phenoxy) is 1. The van der Waals surface area contributed by atoms with Crippen LogP contribution in [-0.4, -0.2) is 50.8 Å². The fourth-order valence-electron chi connectivity index (χ4n) is 3.15. The monoisotopic (exact) mass is 468 g/mol. The number of aliphatic imine (C=N–C) groups is 1. The molecule has 0 aliphatic carbocycles. The molecule has 1 aliphatic rings. The van der Waals surface area contributed by atoms with Crippen LogP contribution in [0.2, 0.25) is 0 Å². The molecule has 2 unspecified atom stereocenters. The largest absolute Gasteiger partial charge is 0.377 e. The van der Waals surface area contributed by atoms with Crippen LogP contribution in [0.25, 0.3) is 0 Å². The summed E-state index contributed by atoms with van der Waals surface area (Å²) in [5.74, 6) is 1.27. The Bertz CT molecular complexity index is 422. The van der Waals surface area contributed by atoms with Crippen LogP contribution in [0.15, 0.2) is 4.99 Å². The summed E-state index contributed by atoms with van der Waals surface area (Å²) in [6.45, 7) is 12.9.